The van der Waals surface area contributed by atoms with Crippen LogP contribution in [0.15, 0.2) is 24.3 Å². The van der Waals surface area contributed by atoms with E-state index in [4.69, 9.17) is 9.47 Å². The van der Waals surface area contributed by atoms with Crippen LogP contribution in [0.5, 0.6) is 5.75 Å². The summed E-state index contributed by atoms with van der Waals surface area (Å²) in [4.78, 5) is 25.6. The third kappa shape index (κ3) is 3.72. The van der Waals surface area contributed by atoms with Gasteiger partial charge in [-0.25, -0.2) is 4.79 Å². The van der Waals surface area contributed by atoms with Gasteiger partial charge in [0, 0.05) is 5.92 Å². The minimum Gasteiger partial charge on any atom is -0.455 e. The van der Waals surface area contributed by atoms with E-state index in [2.05, 4.69) is 27.7 Å². The molecule has 5 rings (SSSR count). The van der Waals surface area contributed by atoms with Crippen LogP contribution in [0.2, 0.25) is 0 Å². The molecule has 4 aliphatic carbocycles. The van der Waals surface area contributed by atoms with Gasteiger partial charge in [-0.2, -0.15) is 0 Å². The lowest BCUT2D eigenvalue weighted by atomic mass is 9.64. The van der Waals surface area contributed by atoms with E-state index in [-0.39, 0.29) is 23.3 Å². The van der Waals surface area contributed by atoms with Crippen LogP contribution in [-0.2, 0) is 9.53 Å². The van der Waals surface area contributed by atoms with Gasteiger partial charge in [-0.05, 0) is 98.8 Å². The molecule has 4 fully saturated rings. The Labute approximate surface area is 198 Å². The minimum absolute atomic E-state index is 0.00918. The zero-order valence-electron chi connectivity index (χ0n) is 20.8. The maximum Gasteiger partial charge on any atom is 0.338 e. The molecule has 1 aromatic carbocycles. The van der Waals surface area contributed by atoms with Crippen molar-refractivity contribution in [3.63, 3.8) is 0 Å². The number of esters is 2. The molecule has 180 valence electrons. The highest BCUT2D eigenvalue weighted by Gasteiger charge is 2.68. The first kappa shape index (κ1) is 22.9. The normalized spacial score (nSPS) is 37.4. The van der Waals surface area contributed by atoms with E-state index < -0.39 is 5.60 Å². The summed E-state index contributed by atoms with van der Waals surface area (Å²) in [6, 6.07) is 6.91. The van der Waals surface area contributed by atoms with Gasteiger partial charge < -0.3 is 9.47 Å². The zero-order chi connectivity index (χ0) is 23.4. The van der Waals surface area contributed by atoms with Gasteiger partial charge in [0.2, 0.25) is 0 Å². The molecule has 0 aromatic heterocycles. The van der Waals surface area contributed by atoms with Crippen LogP contribution in [0, 0.1) is 34.5 Å². The van der Waals surface area contributed by atoms with Gasteiger partial charge in [0.05, 0.1) is 11.5 Å². The Morgan fingerprint density at radius 2 is 1.58 bits per heavy atom. The highest BCUT2D eigenvalue weighted by atomic mass is 16.6. The fourth-order valence-electron chi connectivity index (χ4n) is 8.45. The summed E-state index contributed by atoms with van der Waals surface area (Å²) in [5.41, 5.74) is 0.734. The molecule has 1 aromatic rings. The SMILES string of the molecule is C[C@@H]1CC[C@H]2C(C)(C)[C@H]3C[C@@]12CC[C@@]3(C)OC(=O)c1ccc(OC(=O)C2CCCCC2)cc1. The summed E-state index contributed by atoms with van der Waals surface area (Å²) in [5, 5.41) is 0. The van der Waals surface area contributed by atoms with Crippen molar-refractivity contribution in [3.8, 4) is 5.75 Å². The van der Waals surface area contributed by atoms with Crippen molar-refractivity contribution in [2.45, 2.75) is 97.5 Å². The number of hydrogen-bond donors (Lipinski definition) is 0. The fraction of sp³-hybridized carbons (Fsp3) is 0.724. The summed E-state index contributed by atoms with van der Waals surface area (Å²) in [7, 11) is 0. The summed E-state index contributed by atoms with van der Waals surface area (Å²) in [6.45, 7) is 9.43. The lowest BCUT2D eigenvalue weighted by molar-refractivity contribution is -0.139. The molecule has 0 aliphatic heterocycles. The lowest BCUT2D eigenvalue weighted by Gasteiger charge is -2.46. The van der Waals surface area contributed by atoms with Gasteiger partial charge in [0.25, 0.3) is 0 Å². The first-order valence-corrected chi connectivity index (χ1v) is 13.2. The van der Waals surface area contributed by atoms with Crippen LogP contribution in [0.25, 0.3) is 0 Å². The van der Waals surface area contributed by atoms with Gasteiger partial charge in [0.1, 0.15) is 11.4 Å². The summed E-state index contributed by atoms with van der Waals surface area (Å²) >= 11 is 0. The van der Waals surface area contributed by atoms with Crippen molar-refractivity contribution < 1.29 is 19.1 Å². The molecule has 0 saturated heterocycles. The number of ether oxygens (including phenoxy) is 2. The molecule has 33 heavy (non-hydrogen) atoms. The van der Waals surface area contributed by atoms with Gasteiger partial charge in [-0.15, -0.1) is 0 Å². The summed E-state index contributed by atoms with van der Waals surface area (Å²) in [6.07, 6.45) is 11.2. The Kier molecular flexibility index (Phi) is 5.65. The molecule has 0 radical (unpaired) electrons. The summed E-state index contributed by atoms with van der Waals surface area (Å²) < 4.78 is 11.9. The van der Waals surface area contributed by atoms with E-state index in [1.807, 2.05) is 0 Å². The van der Waals surface area contributed by atoms with Gasteiger partial charge in [-0.1, -0.05) is 40.0 Å². The Morgan fingerprint density at radius 3 is 2.27 bits per heavy atom. The zero-order valence-corrected chi connectivity index (χ0v) is 20.8. The number of carbonyl (C=O) groups excluding carboxylic acids is 2. The van der Waals surface area contributed by atoms with Crippen molar-refractivity contribution in [2.24, 2.45) is 34.5 Å². The number of hydrogen-bond acceptors (Lipinski definition) is 4. The second-order valence-electron chi connectivity index (χ2n) is 12.3. The van der Waals surface area contributed by atoms with Crippen molar-refractivity contribution in [3.05, 3.63) is 29.8 Å². The smallest absolute Gasteiger partial charge is 0.338 e. The minimum atomic E-state index is -0.429. The molecule has 0 unspecified atom stereocenters. The molecule has 0 heterocycles. The average molecular weight is 453 g/mol. The van der Waals surface area contributed by atoms with Crippen molar-refractivity contribution >= 4 is 11.9 Å². The maximum absolute atomic E-state index is 13.2. The average Bonchev–Trinajstić information content (AvgIpc) is 3.23. The topological polar surface area (TPSA) is 52.6 Å². The molecule has 4 aliphatic rings. The van der Waals surface area contributed by atoms with Crippen LogP contribution in [0.3, 0.4) is 0 Å². The van der Waals surface area contributed by atoms with E-state index in [1.165, 1.54) is 32.1 Å². The lowest BCUT2D eigenvalue weighted by Crippen LogP contribution is -2.47. The second-order valence-corrected chi connectivity index (χ2v) is 12.3. The largest absolute Gasteiger partial charge is 0.455 e. The molecule has 4 nitrogen and oxygen atoms in total. The van der Waals surface area contributed by atoms with E-state index in [9.17, 15) is 9.59 Å². The van der Waals surface area contributed by atoms with Gasteiger partial charge in [0.15, 0.2) is 0 Å². The number of carbonyl (C=O) groups is 2. The van der Waals surface area contributed by atoms with E-state index >= 15 is 0 Å². The summed E-state index contributed by atoms with van der Waals surface area (Å²) in [5.74, 6) is 2.02. The second kappa shape index (κ2) is 8.13. The van der Waals surface area contributed by atoms with Gasteiger partial charge in [-0.3, -0.25) is 4.79 Å². The predicted octanol–water partition coefficient (Wildman–Crippen LogP) is 6.96. The van der Waals surface area contributed by atoms with Crippen LogP contribution >= 0.6 is 0 Å². The first-order chi connectivity index (χ1) is 15.7. The molecule has 4 heteroatoms. The molecular formula is C29H40O4. The number of benzene rings is 1. The number of fused-ring (bicyclic) bond motifs is 1. The van der Waals surface area contributed by atoms with E-state index in [0.717, 1.165) is 43.9 Å². The van der Waals surface area contributed by atoms with E-state index in [1.54, 1.807) is 24.3 Å². The molecule has 1 spiro atoms. The fourth-order valence-corrected chi connectivity index (χ4v) is 8.45. The molecule has 5 atom stereocenters. The maximum atomic E-state index is 13.2. The van der Waals surface area contributed by atoms with Crippen molar-refractivity contribution in [1.29, 1.82) is 0 Å². The Morgan fingerprint density at radius 1 is 0.879 bits per heavy atom. The Bertz CT molecular complexity index is 912. The quantitative estimate of drug-likeness (QED) is 0.366. The number of rotatable bonds is 4. The molecule has 2 bridgehead atoms. The molecule has 0 amide bonds. The van der Waals surface area contributed by atoms with Crippen LogP contribution in [0.1, 0.15) is 102 Å². The predicted molar refractivity (Wildman–Crippen MR) is 128 cm³/mol. The van der Waals surface area contributed by atoms with Crippen LogP contribution in [-0.4, -0.2) is 17.5 Å². The standard InChI is InChI=1S/C29H40O4/c1-19-10-15-23-27(2,3)24-18-29(19,23)17-16-28(24,4)33-26(31)21-11-13-22(14-12-21)32-25(30)20-8-6-5-7-9-20/h11-14,19-20,23-24H,5-10,15-18H2,1-4H3/t19-,23+,24-,28-,29+/m1/s1. The highest BCUT2D eigenvalue weighted by Crippen LogP contribution is 2.73. The van der Waals surface area contributed by atoms with Gasteiger partial charge >= 0.3 is 11.9 Å². The highest BCUT2D eigenvalue weighted by molar-refractivity contribution is 5.90. The molecule has 0 N–H and O–H groups in total. The Hall–Kier alpha value is -1.84. The Balaban J connectivity index is 1.26. The monoisotopic (exact) mass is 452 g/mol. The third-order valence-electron chi connectivity index (χ3n) is 10.3. The van der Waals surface area contributed by atoms with Crippen LogP contribution in [0.4, 0.5) is 0 Å². The first-order valence-electron chi connectivity index (χ1n) is 13.2. The molecular weight excluding hydrogens is 412 g/mol. The van der Waals surface area contributed by atoms with E-state index in [0.29, 0.717) is 22.6 Å². The van der Waals surface area contributed by atoms with Crippen LogP contribution < -0.4 is 4.74 Å². The molecule has 4 saturated carbocycles. The van der Waals surface area contributed by atoms with Crippen molar-refractivity contribution in [2.75, 3.05) is 0 Å². The third-order valence-corrected chi connectivity index (χ3v) is 10.3. The van der Waals surface area contributed by atoms with Crippen molar-refractivity contribution in [1.82, 2.24) is 0 Å².